The molecule has 0 atom stereocenters. The van der Waals surface area contributed by atoms with Crippen molar-refractivity contribution in [1.29, 1.82) is 0 Å². The molecule has 0 aromatic heterocycles. The lowest BCUT2D eigenvalue weighted by atomic mass is 9.97. The molecular weight excluding hydrogens is 172 g/mol. The highest BCUT2D eigenvalue weighted by Crippen LogP contribution is 2.25. The zero-order valence-electron chi connectivity index (χ0n) is 9.54. The van der Waals surface area contributed by atoms with Crippen molar-refractivity contribution < 1.29 is 5.11 Å². The number of phenolic OH excluding ortho intramolecular Hbond substituents is 1. The van der Waals surface area contributed by atoms with E-state index in [-0.39, 0.29) is 0 Å². The van der Waals surface area contributed by atoms with Crippen molar-refractivity contribution >= 4 is 0 Å². The Morgan fingerprint density at radius 1 is 1.14 bits per heavy atom. The van der Waals surface area contributed by atoms with Gasteiger partial charge in [-0.15, -0.1) is 0 Å². The molecule has 0 fully saturated rings. The van der Waals surface area contributed by atoms with Gasteiger partial charge in [-0.25, -0.2) is 0 Å². The predicted molar refractivity (Wildman–Crippen MR) is 60.7 cm³/mol. The van der Waals surface area contributed by atoms with Crippen LogP contribution in [0.3, 0.4) is 0 Å². The Bertz CT molecular complexity index is 300. The van der Waals surface area contributed by atoms with E-state index in [1.807, 2.05) is 12.1 Å². The topological polar surface area (TPSA) is 20.2 Å². The Morgan fingerprint density at radius 3 is 2.21 bits per heavy atom. The molecule has 0 saturated heterocycles. The molecule has 0 aliphatic heterocycles. The zero-order valence-corrected chi connectivity index (χ0v) is 9.54. The first kappa shape index (κ1) is 11.1. The van der Waals surface area contributed by atoms with E-state index in [9.17, 15) is 5.11 Å². The molecular formula is C13H20O. The lowest BCUT2D eigenvalue weighted by Crippen LogP contribution is -1.96. The van der Waals surface area contributed by atoms with Gasteiger partial charge < -0.3 is 5.11 Å². The van der Waals surface area contributed by atoms with Crippen LogP contribution >= 0.6 is 0 Å². The Hall–Kier alpha value is -0.980. The largest absolute Gasteiger partial charge is 0.508 e. The molecule has 1 N–H and O–H groups in total. The molecule has 1 aromatic carbocycles. The van der Waals surface area contributed by atoms with E-state index < -0.39 is 0 Å². The SMILES string of the molecule is CC(C)Cc1ccc(C(C)C)cc1O. The Labute approximate surface area is 86.8 Å². The van der Waals surface area contributed by atoms with Crippen molar-refractivity contribution in [3.8, 4) is 5.75 Å². The minimum Gasteiger partial charge on any atom is -0.508 e. The van der Waals surface area contributed by atoms with Crippen LogP contribution in [0.4, 0.5) is 0 Å². The molecule has 0 unspecified atom stereocenters. The maximum atomic E-state index is 9.79. The summed E-state index contributed by atoms with van der Waals surface area (Å²) in [4.78, 5) is 0. The third kappa shape index (κ3) is 2.76. The highest BCUT2D eigenvalue weighted by Gasteiger charge is 2.06. The summed E-state index contributed by atoms with van der Waals surface area (Å²) in [6.45, 7) is 8.60. The highest BCUT2D eigenvalue weighted by molar-refractivity contribution is 5.37. The molecule has 0 spiro atoms. The van der Waals surface area contributed by atoms with Gasteiger partial charge in [0.2, 0.25) is 0 Å². The highest BCUT2D eigenvalue weighted by atomic mass is 16.3. The zero-order chi connectivity index (χ0) is 10.7. The van der Waals surface area contributed by atoms with Gasteiger partial charge in [-0.1, -0.05) is 39.8 Å². The summed E-state index contributed by atoms with van der Waals surface area (Å²) in [6, 6.07) is 6.05. The van der Waals surface area contributed by atoms with Gasteiger partial charge in [-0.2, -0.15) is 0 Å². The Balaban J connectivity index is 2.90. The van der Waals surface area contributed by atoms with E-state index in [2.05, 4.69) is 33.8 Å². The van der Waals surface area contributed by atoms with Crippen LogP contribution in [0.15, 0.2) is 18.2 Å². The van der Waals surface area contributed by atoms with E-state index in [1.54, 1.807) is 0 Å². The molecule has 0 amide bonds. The van der Waals surface area contributed by atoms with Gasteiger partial charge in [-0.3, -0.25) is 0 Å². The number of phenols is 1. The fraction of sp³-hybridized carbons (Fsp3) is 0.538. The molecule has 1 nitrogen and oxygen atoms in total. The molecule has 1 aromatic rings. The summed E-state index contributed by atoms with van der Waals surface area (Å²) < 4.78 is 0. The maximum absolute atomic E-state index is 9.79. The van der Waals surface area contributed by atoms with Gasteiger partial charge in [0.15, 0.2) is 0 Å². The van der Waals surface area contributed by atoms with Gasteiger partial charge in [0, 0.05) is 0 Å². The molecule has 1 heteroatoms. The first-order chi connectivity index (χ1) is 6.50. The van der Waals surface area contributed by atoms with Crippen LogP contribution in [0.5, 0.6) is 5.75 Å². The molecule has 1 rings (SSSR count). The van der Waals surface area contributed by atoms with Crippen molar-refractivity contribution in [3.63, 3.8) is 0 Å². The predicted octanol–water partition coefficient (Wildman–Crippen LogP) is 3.71. The van der Waals surface area contributed by atoms with Crippen molar-refractivity contribution in [2.45, 2.75) is 40.0 Å². The molecule has 78 valence electrons. The van der Waals surface area contributed by atoms with Crippen LogP contribution in [0.1, 0.15) is 44.7 Å². The maximum Gasteiger partial charge on any atom is 0.119 e. The molecule has 0 radical (unpaired) electrons. The average Bonchev–Trinajstić information content (AvgIpc) is 2.07. The monoisotopic (exact) mass is 192 g/mol. The van der Waals surface area contributed by atoms with Crippen LogP contribution < -0.4 is 0 Å². The summed E-state index contributed by atoms with van der Waals surface area (Å²) in [5, 5.41) is 9.79. The molecule has 0 aliphatic carbocycles. The van der Waals surface area contributed by atoms with Gasteiger partial charge >= 0.3 is 0 Å². The van der Waals surface area contributed by atoms with Crippen molar-refractivity contribution in [3.05, 3.63) is 29.3 Å². The lowest BCUT2D eigenvalue weighted by Gasteiger charge is -2.11. The summed E-state index contributed by atoms with van der Waals surface area (Å²) in [7, 11) is 0. The van der Waals surface area contributed by atoms with Crippen molar-refractivity contribution in [2.24, 2.45) is 5.92 Å². The number of benzene rings is 1. The number of aromatic hydroxyl groups is 1. The number of hydrogen-bond donors (Lipinski definition) is 1. The van der Waals surface area contributed by atoms with E-state index in [0.717, 1.165) is 12.0 Å². The first-order valence-electron chi connectivity index (χ1n) is 5.32. The smallest absolute Gasteiger partial charge is 0.119 e. The minimum absolute atomic E-state index is 0.449. The summed E-state index contributed by atoms with van der Waals surface area (Å²) in [6.07, 6.45) is 0.949. The first-order valence-corrected chi connectivity index (χ1v) is 5.32. The molecule has 14 heavy (non-hydrogen) atoms. The third-order valence-electron chi connectivity index (χ3n) is 2.40. The second-order valence-corrected chi connectivity index (χ2v) is 4.64. The van der Waals surface area contributed by atoms with Crippen LogP contribution in [0.25, 0.3) is 0 Å². The molecule has 0 heterocycles. The van der Waals surface area contributed by atoms with Crippen molar-refractivity contribution in [2.75, 3.05) is 0 Å². The Morgan fingerprint density at radius 2 is 1.79 bits per heavy atom. The van der Waals surface area contributed by atoms with Crippen molar-refractivity contribution in [1.82, 2.24) is 0 Å². The number of hydrogen-bond acceptors (Lipinski definition) is 1. The van der Waals surface area contributed by atoms with Crippen LogP contribution in [-0.4, -0.2) is 5.11 Å². The average molecular weight is 192 g/mol. The molecule has 0 bridgehead atoms. The third-order valence-corrected chi connectivity index (χ3v) is 2.40. The standard InChI is InChI=1S/C13H20O/c1-9(2)7-12-6-5-11(10(3)4)8-13(12)14/h5-6,8-10,14H,7H2,1-4H3. The fourth-order valence-electron chi connectivity index (χ4n) is 1.55. The van der Waals surface area contributed by atoms with E-state index in [4.69, 9.17) is 0 Å². The summed E-state index contributed by atoms with van der Waals surface area (Å²) in [5.41, 5.74) is 2.26. The normalized spacial score (nSPS) is 11.3. The van der Waals surface area contributed by atoms with Crippen LogP contribution in [-0.2, 0) is 6.42 Å². The quantitative estimate of drug-likeness (QED) is 0.774. The fourth-order valence-corrected chi connectivity index (χ4v) is 1.55. The molecule has 0 aliphatic rings. The van der Waals surface area contributed by atoms with Crippen LogP contribution in [0.2, 0.25) is 0 Å². The Kier molecular flexibility index (Phi) is 3.56. The second kappa shape index (κ2) is 4.50. The lowest BCUT2D eigenvalue weighted by molar-refractivity contribution is 0.461. The van der Waals surface area contributed by atoms with E-state index >= 15 is 0 Å². The van der Waals surface area contributed by atoms with Gasteiger partial charge in [0.1, 0.15) is 5.75 Å². The van der Waals surface area contributed by atoms with Gasteiger partial charge in [0.05, 0.1) is 0 Å². The van der Waals surface area contributed by atoms with E-state index in [1.165, 1.54) is 5.56 Å². The van der Waals surface area contributed by atoms with Gasteiger partial charge in [-0.05, 0) is 35.4 Å². The minimum atomic E-state index is 0.449. The van der Waals surface area contributed by atoms with Gasteiger partial charge in [0.25, 0.3) is 0 Å². The van der Waals surface area contributed by atoms with Crippen LogP contribution in [0, 0.1) is 5.92 Å². The van der Waals surface area contributed by atoms with E-state index in [0.29, 0.717) is 17.6 Å². The number of rotatable bonds is 3. The molecule has 0 saturated carbocycles. The summed E-state index contributed by atoms with van der Waals surface area (Å²) in [5.74, 6) is 1.52. The summed E-state index contributed by atoms with van der Waals surface area (Å²) >= 11 is 0. The second-order valence-electron chi connectivity index (χ2n) is 4.64.